The van der Waals surface area contributed by atoms with Crippen LogP contribution >= 0.6 is 22.7 Å². The minimum Gasteiger partial charge on any atom is -0.247 e. The van der Waals surface area contributed by atoms with Gasteiger partial charge in [-0.2, -0.15) is 0 Å². The summed E-state index contributed by atoms with van der Waals surface area (Å²) in [6, 6.07) is 64.2. The van der Waals surface area contributed by atoms with Crippen molar-refractivity contribution in [3.05, 3.63) is 182 Å². The molecule has 0 aliphatic heterocycles. The SMILES string of the molecule is c1ccc(-c2nc(-c3ccc(-c4cc5c(-c6ccccc6)nc6ccccc6c5c5c4sc4ccccc45)cc3)nc(-c3cccc4sc5ccccc5c34)n2)cc1. The number of hydrogen-bond donors (Lipinski definition) is 0. The highest BCUT2D eigenvalue weighted by atomic mass is 32.1. The molecule has 58 heavy (non-hydrogen) atoms. The topological polar surface area (TPSA) is 51.6 Å². The fourth-order valence-corrected chi connectivity index (χ4v) is 10.8. The molecule has 0 fully saturated rings. The van der Waals surface area contributed by atoms with Gasteiger partial charge in [0.15, 0.2) is 17.5 Å². The summed E-state index contributed by atoms with van der Waals surface area (Å²) in [6.45, 7) is 0. The maximum atomic E-state index is 5.31. The van der Waals surface area contributed by atoms with E-state index in [1.54, 1.807) is 11.3 Å². The fourth-order valence-electron chi connectivity index (χ4n) is 8.46. The Hall–Kier alpha value is -7.12. The van der Waals surface area contributed by atoms with Crippen molar-refractivity contribution in [2.45, 2.75) is 0 Å². The van der Waals surface area contributed by atoms with E-state index >= 15 is 0 Å². The Balaban J connectivity index is 1.07. The third-order valence-corrected chi connectivity index (χ3v) is 13.5. The molecule has 0 unspecified atom stereocenters. The molecule has 0 spiro atoms. The first-order valence-electron chi connectivity index (χ1n) is 19.3. The van der Waals surface area contributed by atoms with Gasteiger partial charge in [0.2, 0.25) is 0 Å². The average Bonchev–Trinajstić information content (AvgIpc) is 3.88. The van der Waals surface area contributed by atoms with Gasteiger partial charge in [-0.05, 0) is 35.9 Å². The number of rotatable bonds is 5. The molecule has 270 valence electrons. The molecule has 0 saturated carbocycles. The van der Waals surface area contributed by atoms with Gasteiger partial charge in [-0.25, -0.2) is 19.9 Å². The normalized spacial score (nSPS) is 11.8. The van der Waals surface area contributed by atoms with Crippen molar-refractivity contribution in [1.82, 2.24) is 19.9 Å². The van der Waals surface area contributed by atoms with E-state index < -0.39 is 0 Å². The van der Waals surface area contributed by atoms with E-state index in [2.05, 4.69) is 164 Å². The lowest BCUT2D eigenvalue weighted by Crippen LogP contribution is -2.00. The number of thiophene rings is 2. The van der Waals surface area contributed by atoms with Crippen LogP contribution in [0, 0.1) is 0 Å². The van der Waals surface area contributed by atoms with Crippen molar-refractivity contribution in [3.8, 4) is 56.5 Å². The predicted molar refractivity (Wildman–Crippen MR) is 246 cm³/mol. The molecule has 0 atom stereocenters. The van der Waals surface area contributed by atoms with Crippen LogP contribution in [-0.2, 0) is 0 Å². The zero-order valence-electron chi connectivity index (χ0n) is 30.9. The Morgan fingerprint density at radius 2 is 0.862 bits per heavy atom. The average molecular weight is 775 g/mol. The van der Waals surface area contributed by atoms with E-state index in [0.717, 1.165) is 44.4 Å². The molecular weight excluding hydrogens is 745 g/mol. The van der Waals surface area contributed by atoms with Crippen LogP contribution in [0.25, 0.3) is 119 Å². The summed E-state index contributed by atoms with van der Waals surface area (Å²) < 4.78 is 5.00. The Kier molecular flexibility index (Phi) is 7.55. The highest BCUT2D eigenvalue weighted by molar-refractivity contribution is 7.26. The smallest absolute Gasteiger partial charge is 0.164 e. The molecule has 4 heterocycles. The Bertz CT molecular complexity index is 3560. The van der Waals surface area contributed by atoms with Crippen molar-refractivity contribution < 1.29 is 0 Å². The van der Waals surface area contributed by atoms with Gasteiger partial charge in [0, 0.05) is 84.3 Å². The van der Waals surface area contributed by atoms with Crippen LogP contribution in [0.2, 0.25) is 0 Å². The van der Waals surface area contributed by atoms with Crippen LogP contribution in [0.5, 0.6) is 0 Å². The van der Waals surface area contributed by atoms with E-state index in [-0.39, 0.29) is 0 Å². The van der Waals surface area contributed by atoms with E-state index in [1.807, 2.05) is 29.5 Å². The summed E-state index contributed by atoms with van der Waals surface area (Å²) in [5, 5.41) is 8.49. The third kappa shape index (κ3) is 5.27. The van der Waals surface area contributed by atoms with Crippen LogP contribution in [0.4, 0.5) is 0 Å². The van der Waals surface area contributed by atoms with Gasteiger partial charge in [-0.1, -0.05) is 152 Å². The fraction of sp³-hybridized carbons (Fsp3) is 0. The third-order valence-electron chi connectivity index (χ3n) is 11.1. The standard InChI is InChI=1S/C52H30N4S2/c1-3-14-32(15-4-1)48-40-30-39(49-47(37-20-9-12-24-43(37)58-49)46(40)35-18-7-10-22-41(35)53-48)31-26-28-34(29-27-31)51-54-50(33-16-5-2-6-17-33)55-52(56-51)38-21-13-25-44-45(38)36-19-8-11-23-42(36)57-44/h1-30H. The first-order chi connectivity index (χ1) is 28.7. The molecular formula is C52H30N4S2. The zero-order chi connectivity index (χ0) is 38.2. The zero-order valence-corrected chi connectivity index (χ0v) is 32.6. The number of fused-ring (bicyclic) bond motifs is 10. The number of hydrogen-bond acceptors (Lipinski definition) is 6. The van der Waals surface area contributed by atoms with Crippen molar-refractivity contribution in [1.29, 1.82) is 0 Å². The molecule has 6 heteroatoms. The number of para-hydroxylation sites is 1. The van der Waals surface area contributed by atoms with Gasteiger partial charge in [-0.15, -0.1) is 22.7 Å². The summed E-state index contributed by atoms with van der Waals surface area (Å²) in [6.07, 6.45) is 0. The molecule has 12 rings (SSSR count). The molecule has 8 aromatic carbocycles. The van der Waals surface area contributed by atoms with Crippen LogP contribution in [0.1, 0.15) is 0 Å². The van der Waals surface area contributed by atoms with Crippen molar-refractivity contribution in [3.63, 3.8) is 0 Å². The minimum absolute atomic E-state index is 0.638. The lowest BCUT2D eigenvalue weighted by atomic mass is 9.92. The van der Waals surface area contributed by atoms with Crippen LogP contribution < -0.4 is 0 Å². The summed E-state index contributed by atoms with van der Waals surface area (Å²) in [5.41, 5.74) is 8.28. The molecule has 0 N–H and O–H groups in total. The molecule has 0 aliphatic carbocycles. The molecule has 0 bridgehead atoms. The maximum Gasteiger partial charge on any atom is 0.164 e. The first-order valence-corrected chi connectivity index (χ1v) is 20.9. The van der Waals surface area contributed by atoms with Gasteiger partial charge in [0.25, 0.3) is 0 Å². The van der Waals surface area contributed by atoms with Gasteiger partial charge >= 0.3 is 0 Å². The molecule has 0 radical (unpaired) electrons. The summed E-state index contributed by atoms with van der Waals surface area (Å²) in [5.74, 6) is 1.95. The predicted octanol–water partition coefficient (Wildman–Crippen LogP) is 14.6. The molecule has 0 saturated heterocycles. The summed E-state index contributed by atoms with van der Waals surface area (Å²) >= 11 is 3.66. The van der Waals surface area contributed by atoms with Gasteiger partial charge < -0.3 is 0 Å². The summed E-state index contributed by atoms with van der Waals surface area (Å²) in [4.78, 5) is 20.7. The van der Waals surface area contributed by atoms with Crippen molar-refractivity contribution in [2.75, 3.05) is 0 Å². The second kappa shape index (κ2) is 13.2. The molecule has 12 aromatic rings. The van der Waals surface area contributed by atoms with E-state index in [9.17, 15) is 0 Å². The number of nitrogens with zero attached hydrogens (tertiary/aromatic N) is 4. The van der Waals surface area contributed by atoms with E-state index in [4.69, 9.17) is 19.9 Å². The van der Waals surface area contributed by atoms with Gasteiger partial charge in [0.1, 0.15) is 0 Å². The van der Waals surface area contributed by atoms with E-state index in [0.29, 0.717) is 17.5 Å². The lowest BCUT2D eigenvalue weighted by Gasteiger charge is -2.15. The van der Waals surface area contributed by atoms with Gasteiger partial charge in [-0.3, -0.25) is 0 Å². The van der Waals surface area contributed by atoms with Crippen molar-refractivity contribution >= 4 is 84.7 Å². The Labute approximate surface area is 341 Å². The number of pyridine rings is 1. The molecule has 4 nitrogen and oxygen atoms in total. The van der Waals surface area contributed by atoms with Crippen LogP contribution in [0.3, 0.4) is 0 Å². The number of benzene rings is 8. The maximum absolute atomic E-state index is 5.31. The monoisotopic (exact) mass is 774 g/mol. The highest BCUT2D eigenvalue weighted by Crippen LogP contribution is 2.48. The quantitative estimate of drug-likeness (QED) is 0.163. The first kappa shape index (κ1) is 33.1. The minimum atomic E-state index is 0.638. The molecule has 4 aromatic heterocycles. The van der Waals surface area contributed by atoms with Crippen LogP contribution in [-0.4, -0.2) is 19.9 Å². The Morgan fingerprint density at radius 1 is 0.310 bits per heavy atom. The Morgan fingerprint density at radius 3 is 1.60 bits per heavy atom. The van der Waals surface area contributed by atoms with Crippen molar-refractivity contribution in [2.24, 2.45) is 0 Å². The lowest BCUT2D eigenvalue weighted by molar-refractivity contribution is 1.08. The highest BCUT2D eigenvalue weighted by Gasteiger charge is 2.21. The molecule has 0 aliphatic rings. The second-order valence-electron chi connectivity index (χ2n) is 14.5. The van der Waals surface area contributed by atoms with Crippen LogP contribution in [0.15, 0.2) is 182 Å². The van der Waals surface area contributed by atoms with Gasteiger partial charge in [0.05, 0.1) is 11.2 Å². The summed E-state index contributed by atoms with van der Waals surface area (Å²) in [7, 11) is 0. The molecule has 0 amide bonds. The largest absolute Gasteiger partial charge is 0.247 e. The van der Waals surface area contributed by atoms with E-state index in [1.165, 1.54) is 56.7 Å². The second-order valence-corrected chi connectivity index (χ2v) is 16.7. The number of aromatic nitrogens is 4.